The van der Waals surface area contributed by atoms with Gasteiger partial charge in [0.05, 0.1) is 24.3 Å². The van der Waals surface area contributed by atoms with Crippen LogP contribution in [0.2, 0.25) is 0 Å². The fourth-order valence-electron chi connectivity index (χ4n) is 7.59. The molecule has 8 amide bonds. The molecule has 4 aromatic rings. The molecule has 2 unspecified atom stereocenters. The second-order valence-electron chi connectivity index (χ2n) is 15.4. The minimum atomic E-state index is -1.05. The summed E-state index contributed by atoms with van der Waals surface area (Å²) in [6.45, 7) is 1.60. The SMILES string of the molecule is O=C(CCOCCNc1cccc2c1C(=O)N(C1CCC(=O)NC1=O)C2=O)NCCCCCCC(=O)Nc1ccc(N(C(=O)CCl)C(C(=O)NCCc2ccccc2)c2cccs2)cc1. The van der Waals surface area contributed by atoms with Crippen molar-refractivity contribution in [2.75, 3.05) is 54.3 Å². The topological polar surface area (TPSA) is 212 Å². The fraction of sp³-hybridized carbons (Fsp3) is 0.362. The number of carbonyl (C=O) groups excluding carboxylic acids is 8. The van der Waals surface area contributed by atoms with Crippen LogP contribution in [0.3, 0.4) is 0 Å². The van der Waals surface area contributed by atoms with Crippen LogP contribution in [-0.4, -0.2) is 96.9 Å². The molecule has 6 rings (SSSR count). The maximum absolute atomic E-state index is 13.6. The number of rotatable bonds is 24. The molecule has 1 fully saturated rings. The molecule has 2 aliphatic rings. The number of benzene rings is 3. The molecule has 1 saturated heterocycles. The summed E-state index contributed by atoms with van der Waals surface area (Å²) in [6, 6.07) is 23.0. The first kappa shape index (κ1) is 48.0. The highest BCUT2D eigenvalue weighted by Gasteiger charge is 2.45. The third kappa shape index (κ3) is 13.1. The van der Waals surface area contributed by atoms with Crippen molar-refractivity contribution in [3.05, 3.63) is 112 Å². The second-order valence-corrected chi connectivity index (χ2v) is 16.7. The lowest BCUT2D eigenvalue weighted by atomic mass is 10.0. The molecule has 18 heteroatoms. The maximum Gasteiger partial charge on any atom is 0.264 e. The van der Waals surface area contributed by atoms with E-state index < -0.39 is 41.6 Å². The van der Waals surface area contributed by atoms with E-state index in [1.54, 1.807) is 36.4 Å². The number of unbranched alkanes of at least 4 members (excludes halogenated alkanes) is 3. The molecule has 0 spiro atoms. The number of nitrogens with one attached hydrogen (secondary N) is 5. The summed E-state index contributed by atoms with van der Waals surface area (Å²) in [5.41, 5.74) is 2.86. The molecule has 3 aromatic carbocycles. The molecule has 16 nitrogen and oxygen atoms in total. The Morgan fingerprint density at radius 2 is 1.58 bits per heavy atom. The highest BCUT2D eigenvalue weighted by molar-refractivity contribution is 7.10. The predicted molar refractivity (Wildman–Crippen MR) is 247 cm³/mol. The summed E-state index contributed by atoms with van der Waals surface area (Å²) in [4.78, 5) is 105. The highest BCUT2D eigenvalue weighted by Crippen LogP contribution is 2.33. The zero-order chi connectivity index (χ0) is 46.1. The molecule has 342 valence electrons. The molecule has 1 aromatic heterocycles. The molecule has 5 N–H and O–H groups in total. The number of carbonyl (C=O) groups is 8. The van der Waals surface area contributed by atoms with Crippen molar-refractivity contribution >= 4 is 87.3 Å². The van der Waals surface area contributed by atoms with Crippen LogP contribution in [0.5, 0.6) is 0 Å². The summed E-state index contributed by atoms with van der Waals surface area (Å²) < 4.78 is 5.60. The summed E-state index contributed by atoms with van der Waals surface area (Å²) >= 11 is 7.42. The first-order valence-electron chi connectivity index (χ1n) is 21.6. The Bertz CT molecular complexity index is 2330. The van der Waals surface area contributed by atoms with E-state index >= 15 is 0 Å². The van der Waals surface area contributed by atoms with E-state index in [0.717, 1.165) is 29.7 Å². The number of piperidine rings is 1. The zero-order valence-corrected chi connectivity index (χ0v) is 37.3. The van der Waals surface area contributed by atoms with Crippen LogP contribution in [0.25, 0.3) is 0 Å². The van der Waals surface area contributed by atoms with Gasteiger partial charge in [-0.15, -0.1) is 22.9 Å². The lowest BCUT2D eigenvalue weighted by Gasteiger charge is -2.30. The van der Waals surface area contributed by atoms with Gasteiger partial charge < -0.3 is 26.0 Å². The minimum absolute atomic E-state index is 0.0369. The molecule has 0 radical (unpaired) electrons. The number of ether oxygens (including phenoxy) is 1. The number of hydrogen-bond acceptors (Lipinski definition) is 11. The number of amides is 8. The Morgan fingerprint density at radius 1 is 0.800 bits per heavy atom. The summed E-state index contributed by atoms with van der Waals surface area (Å²) in [7, 11) is 0. The van der Waals surface area contributed by atoms with E-state index in [1.807, 2.05) is 47.8 Å². The fourth-order valence-corrected chi connectivity index (χ4v) is 8.53. The van der Waals surface area contributed by atoms with E-state index in [9.17, 15) is 38.4 Å². The van der Waals surface area contributed by atoms with Crippen LogP contribution >= 0.6 is 22.9 Å². The lowest BCUT2D eigenvalue weighted by molar-refractivity contribution is -0.136. The number of hydrogen-bond donors (Lipinski definition) is 5. The van der Waals surface area contributed by atoms with Gasteiger partial charge in [-0.05, 0) is 79.1 Å². The molecule has 2 atom stereocenters. The molecule has 0 saturated carbocycles. The Labute approximate surface area is 385 Å². The van der Waals surface area contributed by atoms with Crippen LogP contribution in [0.4, 0.5) is 17.1 Å². The van der Waals surface area contributed by atoms with E-state index in [0.29, 0.717) is 60.8 Å². The summed E-state index contributed by atoms with van der Waals surface area (Å²) in [5.74, 6) is -3.69. The van der Waals surface area contributed by atoms with E-state index in [-0.39, 0.29) is 67.2 Å². The standard InChI is InChI=1S/C47H52ClN7O9S/c48-30-41(59)54(43(37-14-9-29-65-37)45(61)51-25-22-31-10-4-3-5-11-31)33-18-16-32(17-19-33)52-39(57)15-6-1-2-7-24-50-38(56)23-27-64-28-26-49-35-13-8-12-34-42(35)47(63)55(46(34)62)36-20-21-40(58)53-44(36)60/h3-5,8-14,16-19,29,36,43,49H,1-2,6-7,15,20-28,30H2,(H,50,56)(H,51,61)(H,52,57)(H,53,58,60). The molecular weight excluding hydrogens is 874 g/mol. The van der Waals surface area contributed by atoms with Crippen LogP contribution in [0, 0.1) is 0 Å². The van der Waals surface area contributed by atoms with Crippen molar-refractivity contribution in [1.82, 2.24) is 20.9 Å². The van der Waals surface area contributed by atoms with Crippen molar-refractivity contribution in [3.63, 3.8) is 0 Å². The molecular formula is C47H52ClN7O9S. The molecule has 0 aliphatic carbocycles. The lowest BCUT2D eigenvalue weighted by Crippen LogP contribution is -2.54. The summed E-state index contributed by atoms with van der Waals surface area (Å²) in [6.07, 6.45) is 4.24. The zero-order valence-electron chi connectivity index (χ0n) is 35.8. The van der Waals surface area contributed by atoms with Crippen molar-refractivity contribution in [2.45, 2.75) is 69.9 Å². The smallest absolute Gasteiger partial charge is 0.264 e. The van der Waals surface area contributed by atoms with Gasteiger partial charge in [0.25, 0.3) is 11.8 Å². The van der Waals surface area contributed by atoms with Crippen molar-refractivity contribution in [2.24, 2.45) is 0 Å². The minimum Gasteiger partial charge on any atom is -0.382 e. The van der Waals surface area contributed by atoms with Gasteiger partial charge in [-0.3, -0.25) is 53.5 Å². The van der Waals surface area contributed by atoms with E-state index in [2.05, 4.69) is 26.6 Å². The van der Waals surface area contributed by atoms with Crippen molar-refractivity contribution in [3.8, 4) is 0 Å². The number of thiophene rings is 1. The normalized spacial score (nSPS) is 14.9. The van der Waals surface area contributed by atoms with Gasteiger partial charge in [-0.2, -0.15) is 0 Å². The second kappa shape index (κ2) is 24.0. The first-order valence-corrected chi connectivity index (χ1v) is 23.0. The van der Waals surface area contributed by atoms with Gasteiger partial charge in [0.2, 0.25) is 35.4 Å². The van der Waals surface area contributed by atoms with Crippen LogP contribution in [0.15, 0.2) is 90.3 Å². The molecule has 65 heavy (non-hydrogen) atoms. The maximum atomic E-state index is 13.6. The Morgan fingerprint density at radius 3 is 2.32 bits per heavy atom. The number of fused-ring (bicyclic) bond motifs is 1. The average Bonchev–Trinajstić information content (AvgIpc) is 3.93. The Balaban J connectivity index is 0.840. The third-order valence-corrected chi connectivity index (χ3v) is 12.0. The quantitative estimate of drug-likeness (QED) is 0.0346. The molecule has 0 bridgehead atoms. The molecule has 2 aliphatic heterocycles. The van der Waals surface area contributed by atoms with Gasteiger partial charge in [0.1, 0.15) is 18.0 Å². The molecule has 3 heterocycles. The number of halogens is 1. The highest BCUT2D eigenvalue weighted by atomic mass is 35.5. The third-order valence-electron chi connectivity index (χ3n) is 10.8. The van der Waals surface area contributed by atoms with Gasteiger partial charge in [0.15, 0.2) is 0 Å². The predicted octanol–water partition coefficient (Wildman–Crippen LogP) is 5.35. The number of anilines is 3. The van der Waals surface area contributed by atoms with E-state index in [4.69, 9.17) is 16.3 Å². The van der Waals surface area contributed by atoms with Gasteiger partial charge >= 0.3 is 0 Å². The Hall–Kier alpha value is -6.43. The first-order chi connectivity index (χ1) is 31.5. The van der Waals surface area contributed by atoms with Crippen LogP contribution < -0.4 is 31.5 Å². The number of nitrogens with zero attached hydrogens (tertiary/aromatic N) is 2. The number of alkyl halides is 1. The van der Waals surface area contributed by atoms with Crippen LogP contribution in [-0.2, 0) is 39.9 Å². The van der Waals surface area contributed by atoms with Gasteiger partial charge in [-0.1, -0.05) is 55.3 Å². The summed E-state index contributed by atoms with van der Waals surface area (Å²) in [5, 5.41) is 15.9. The monoisotopic (exact) mass is 925 g/mol. The van der Waals surface area contributed by atoms with Crippen molar-refractivity contribution in [1.29, 1.82) is 0 Å². The van der Waals surface area contributed by atoms with Gasteiger partial charge in [-0.25, -0.2) is 0 Å². The van der Waals surface area contributed by atoms with E-state index in [1.165, 1.54) is 22.3 Å². The average molecular weight is 926 g/mol. The Kier molecular flexibility index (Phi) is 17.8. The largest absolute Gasteiger partial charge is 0.382 e. The van der Waals surface area contributed by atoms with Gasteiger partial charge in [0, 0.05) is 60.8 Å². The number of imide groups is 2. The van der Waals surface area contributed by atoms with Crippen molar-refractivity contribution < 1.29 is 43.1 Å². The van der Waals surface area contributed by atoms with Crippen LogP contribution in [0.1, 0.15) is 88.6 Å².